The number of aryl methyl sites for hydroxylation is 1. The summed E-state index contributed by atoms with van der Waals surface area (Å²) >= 11 is 0. The van der Waals surface area contributed by atoms with Crippen molar-refractivity contribution >= 4 is 11.4 Å². The lowest BCUT2D eigenvalue weighted by atomic mass is 9.81. The van der Waals surface area contributed by atoms with E-state index in [0.717, 1.165) is 41.5 Å². The quantitative estimate of drug-likeness (QED) is 0.838. The number of ketones is 1. The molecule has 1 saturated carbocycles. The van der Waals surface area contributed by atoms with Crippen LogP contribution in [-0.4, -0.2) is 10.9 Å². The molecule has 2 aromatic carbocycles. The highest BCUT2D eigenvalue weighted by molar-refractivity contribution is 6.23. The Morgan fingerprint density at radius 3 is 2.42 bits per heavy atom. The molecule has 2 bridgehead atoms. The Kier molecular flexibility index (Phi) is 3.52. The molecule has 2 nitrogen and oxygen atoms in total. The summed E-state index contributed by atoms with van der Waals surface area (Å²) < 4.78 is 13.1. The second kappa shape index (κ2) is 5.59. The third-order valence-electron chi connectivity index (χ3n) is 5.38. The molecular weight excluding hydrogens is 303 g/mol. The largest absolute Gasteiger partial charge is 0.511 e. The molecule has 1 fully saturated rings. The first-order valence-electron chi connectivity index (χ1n) is 8.39. The number of benzene rings is 2. The van der Waals surface area contributed by atoms with E-state index in [9.17, 15) is 14.3 Å². The lowest BCUT2D eigenvalue weighted by Gasteiger charge is -2.23. The Labute approximate surface area is 140 Å². The SMILES string of the molecule is Cc1ccc(-c2ccc(F)cc2)cc1C1=C(O)C2CCC(C2)C1=O. The molecule has 4 rings (SSSR count). The summed E-state index contributed by atoms with van der Waals surface area (Å²) in [4.78, 5) is 12.8. The second-order valence-corrected chi connectivity index (χ2v) is 6.87. The Morgan fingerprint density at radius 2 is 1.67 bits per heavy atom. The number of halogens is 1. The predicted octanol–water partition coefficient (Wildman–Crippen LogP) is 5.07. The van der Waals surface area contributed by atoms with Gasteiger partial charge in [-0.05, 0) is 66.6 Å². The number of aliphatic hydroxyl groups is 1. The fourth-order valence-electron chi connectivity index (χ4n) is 3.99. The summed E-state index contributed by atoms with van der Waals surface area (Å²) in [5.74, 6) is 0.227. The van der Waals surface area contributed by atoms with Crippen LogP contribution in [0.5, 0.6) is 0 Å². The summed E-state index contributed by atoms with van der Waals surface area (Å²) in [7, 11) is 0. The van der Waals surface area contributed by atoms with Crippen molar-refractivity contribution in [3.8, 4) is 11.1 Å². The maximum absolute atomic E-state index is 13.1. The summed E-state index contributed by atoms with van der Waals surface area (Å²) in [6, 6.07) is 12.2. The van der Waals surface area contributed by atoms with E-state index in [0.29, 0.717) is 5.57 Å². The zero-order valence-electron chi connectivity index (χ0n) is 13.6. The first-order valence-corrected chi connectivity index (χ1v) is 8.39. The lowest BCUT2D eigenvalue weighted by Crippen LogP contribution is -2.21. The molecule has 0 radical (unpaired) electrons. The lowest BCUT2D eigenvalue weighted by molar-refractivity contribution is -0.117. The summed E-state index contributed by atoms with van der Waals surface area (Å²) in [6.07, 6.45) is 2.54. The van der Waals surface area contributed by atoms with Gasteiger partial charge in [-0.25, -0.2) is 4.39 Å². The number of carbonyl (C=O) groups is 1. The first kappa shape index (κ1) is 15.1. The zero-order chi connectivity index (χ0) is 16.8. The van der Waals surface area contributed by atoms with Gasteiger partial charge in [-0.3, -0.25) is 4.79 Å². The molecule has 2 aliphatic rings. The van der Waals surface area contributed by atoms with Crippen LogP contribution in [0.4, 0.5) is 4.39 Å². The highest BCUT2D eigenvalue weighted by Gasteiger charge is 2.41. The molecule has 2 aromatic rings. The fourth-order valence-corrected chi connectivity index (χ4v) is 3.99. The third-order valence-corrected chi connectivity index (χ3v) is 5.38. The number of Topliss-reactive ketones (excluding diaryl/α,β-unsaturated/α-hetero) is 1. The average Bonchev–Trinajstić information content (AvgIpc) is 3.03. The molecule has 0 amide bonds. The van der Waals surface area contributed by atoms with Crippen molar-refractivity contribution in [2.75, 3.05) is 0 Å². The number of carbonyl (C=O) groups excluding carboxylic acids is 1. The average molecular weight is 322 g/mol. The minimum absolute atomic E-state index is 0.0507. The molecule has 0 heterocycles. The van der Waals surface area contributed by atoms with Gasteiger partial charge in [0.15, 0.2) is 5.78 Å². The van der Waals surface area contributed by atoms with Crippen molar-refractivity contribution in [2.45, 2.75) is 26.2 Å². The Hall–Kier alpha value is -2.42. The Balaban J connectivity index is 1.84. The Morgan fingerprint density at radius 1 is 1.00 bits per heavy atom. The van der Waals surface area contributed by atoms with Crippen molar-refractivity contribution in [3.63, 3.8) is 0 Å². The van der Waals surface area contributed by atoms with E-state index in [-0.39, 0.29) is 29.2 Å². The van der Waals surface area contributed by atoms with Crippen LogP contribution in [0.1, 0.15) is 30.4 Å². The van der Waals surface area contributed by atoms with E-state index in [1.165, 1.54) is 12.1 Å². The molecule has 2 aliphatic carbocycles. The molecule has 2 atom stereocenters. The summed E-state index contributed by atoms with van der Waals surface area (Å²) in [5, 5.41) is 10.6. The first-order chi connectivity index (χ1) is 11.5. The van der Waals surface area contributed by atoms with Gasteiger partial charge in [0, 0.05) is 11.8 Å². The van der Waals surface area contributed by atoms with Crippen molar-refractivity contribution in [3.05, 3.63) is 65.2 Å². The van der Waals surface area contributed by atoms with Gasteiger partial charge in [0.05, 0.1) is 5.57 Å². The predicted molar refractivity (Wildman–Crippen MR) is 92.0 cm³/mol. The van der Waals surface area contributed by atoms with Gasteiger partial charge in [0.1, 0.15) is 11.6 Å². The molecule has 2 unspecified atom stereocenters. The van der Waals surface area contributed by atoms with Crippen LogP contribution in [0, 0.1) is 24.6 Å². The molecule has 0 saturated heterocycles. The molecule has 122 valence electrons. The minimum atomic E-state index is -0.273. The molecule has 1 N–H and O–H groups in total. The summed E-state index contributed by atoms with van der Waals surface area (Å²) in [5.41, 5.74) is 4.08. The van der Waals surface area contributed by atoms with Crippen LogP contribution < -0.4 is 0 Å². The molecule has 24 heavy (non-hydrogen) atoms. The van der Waals surface area contributed by atoms with Crippen molar-refractivity contribution in [1.82, 2.24) is 0 Å². The van der Waals surface area contributed by atoms with Gasteiger partial charge < -0.3 is 5.11 Å². The van der Waals surface area contributed by atoms with Crippen LogP contribution in [0.25, 0.3) is 16.7 Å². The van der Waals surface area contributed by atoms with Gasteiger partial charge in [0.25, 0.3) is 0 Å². The van der Waals surface area contributed by atoms with E-state index in [4.69, 9.17) is 0 Å². The van der Waals surface area contributed by atoms with Crippen molar-refractivity contribution in [1.29, 1.82) is 0 Å². The monoisotopic (exact) mass is 322 g/mol. The van der Waals surface area contributed by atoms with Gasteiger partial charge in [-0.2, -0.15) is 0 Å². The van der Waals surface area contributed by atoms with E-state index >= 15 is 0 Å². The van der Waals surface area contributed by atoms with E-state index in [1.54, 1.807) is 12.1 Å². The zero-order valence-corrected chi connectivity index (χ0v) is 13.6. The summed E-state index contributed by atoms with van der Waals surface area (Å²) in [6.45, 7) is 1.95. The minimum Gasteiger partial charge on any atom is -0.511 e. The molecule has 0 aliphatic heterocycles. The number of fused-ring (bicyclic) bond motifs is 2. The topological polar surface area (TPSA) is 37.3 Å². The van der Waals surface area contributed by atoms with E-state index < -0.39 is 0 Å². The van der Waals surface area contributed by atoms with Crippen molar-refractivity contribution in [2.24, 2.45) is 11.8 Å². The molecule has 3 heteroatoms. The van der Waals surface area contributed by atoms with Gasteiger partial charge in [-0.15, -0.1) is 0 Å². The smallest absolute Gasteiger partial charge is 0.169 e. The number of rotatable bonds is 2. The molecule has 0 spiro atoms. The molecule has 0 aromatic heterocycles. The number of allylic oxidation sites excluding steroid dienone is 2. The van der Waals surface area contributed by atoms with Crippen LogP contribution >= 0.6 is 0 Å². The van der Waals surface area contributed by atoms with Gasteiger partial charge in [0.2, 0.25) is 0 Å². The van der Waals surface area contributed by atoms with Crippen LogP contribution in [0.3, 0.4) is 0 Å². The van der Waals surface area contributed by atoms with Crippen LogP contribution in [0.15, 0.2) is 48.2 Å². The van der Waals surface area contributed by atoms with Gasteiger partial charge in [-0.1, -0.05) is 24.3 Å². The maximum Gasteiger partial charge on any atom is 0.169 e. The highest BCUT2D eigenvalue weighted by atomic mass is 19.1. The number of hydrogen-bond acceptors (Lipinski definition) is 2. The number of aliphatic hydroxyl groups excluding tert-OH is 1. The number of hydrogen-bond donors (Lipinski definition) is 1. The maximum atomic E-state index is 13.1. The van der Waals surface area contributed by atoms with Crippen molar-refractivity contribution < 1.29 is 14.3 Å². The second-order valence-electron chi connectivity index (χ2n) is 6.87. The molecular formula is C21H19FO2. The van der Waals surface area contributed by atoms with E-state index in [2.05, 4.69) is 0 Å². The van der Waals surface area contributed by atoms with Gasteiger partial charge >= 0.3 is 0 Å². The van der Waals surface area contributed by atoms with Crippen LogP contribution in [0.2, 0.25) is 0 Å². The normalized spacial score (nSPS) is 23.0. The van der Waals surface area contributed by atoms with E-state index in [1.807, 2.05) is 25.1 Å². The highest BCUT2D eigenvalue weighted by Crippen LogP contribution is 2.46. The van der Waals surface area contributed by atoms with Crippen LogP contribution in [-0.2, 0) is 4.79 Å². The fraction of sp³-hybridized carbons (Fsp3) is 0.286. The Bertz CT molecular complexity index is 849. The standard InChI is InChI=1S/C21H19FO2/c1-12-2-3-14(13-6-8-17(22)9-7-13)11-18(12)19-20(23)15-4-5-16(10-15)21(19)24/h2-3,6-9,11,15-16,23H,4-5,10H2,1H3. The third kappa shape index (κ3) is 2.35.